The van der Waals surface area contributed by atoms with Crippen molar-refractivity contribution in [3.8, 4) is 0 Å². The monoisotopic (exact) mass is 268 g/mol. The summed E-state index contributed by atoms with van der Waals surface area (Å²) < 4.78 is 11.2. The van der Waals surface area contributed by atoms with Crippen LogP contribution in [0.2, 0.25) is 0 Å². The van der Waals surface area contributed by atoms with Crippen molar-refractivity contribution in [2.75, 3.05) is 7.11 Å². The first-order valence-corrected chi connectivity index (χ1v) is 7.58. The molecule has 6 unspecified atom stereocenters. The van der Waals surface area contributed by atoms with Crippen molar-refractivity contribution in [3.05, 3.63) is 0 Å². The number of ether oxygens (including phenoxy) is 2. The zero-order valence-corrected chi connectivity index (χ0v) is 13.1. The molecule has 1 saturated heterocycles. The van der Waals surface area contributed by atoms with Crippen molar-refractivity contribution in [1.29, 1.82) is 0 Å². The molecule has 0 aromatic carbocycles. The average molecular weight is 268 g/mol. The maximum absolute atomic E-state index is 11.9. The Morgan fingerprint density at radius 1 is 1.11 bits per heavy atom. The second-order valence-electron chi connectivity index (χ2n) is 6.94. The summed E-state index contributed by atoms with van der Waals surface area (Å²) in [6.07, 6.45) is 2.04. The number of carbonyl (C=O) groups is 1. The molecule has 2 rings (SSSR count). The third-order valence-corrected chi connectivity index (χ3v) is 6.07. The van der Waals surface area contributed by atoms with Crippen molar-refractivity contribution >= 4 is 5.97 Å². The lowest BCUT2D eigenvalue weighted by Gasteiger charge is -2.53. The van der Waals surface area contributed by atoms with Crippen molar-refractivity contribution in [2.24, 2.45) is 29.6 Å². The highest BCUT2D eigenvalue weighted by molar-refractivity contribution is 5.79. The third kappa shape index (κ3) is 2.31. The molecule has 0 radical (unpaired) electrons. The SMILES string of the molecule is COC(=O)[C@]1(C)CCC2C(C)C(C)C(C)C(C)C2O1. The number of hydrogen-bond donors (Lipinski definition) is 0. The molecule has 0 amide bonds. The van der Waals surface area contributed by atoms with Crippen LogP contribution in [0.4, 0.5) is 0 Å². The summed E-state index contributed by atoms with van der Waals surface area (Å²) in [6.45, 7) is 11.2. The Hall–Kier alpha value is -0.570. The van der Waals surface area contributed by atoms with Gasteiger partial charge >= 0.3 is 5.97 Å². The van der Waals surface area contributed by atoms with E-state index < -0.39 is 5.60 Å². The topological polar surface area (TPSA) is 35.5 Å². The molecule has 0 aromatic rings. The van der Waals surface area contributed by atoms with E-state index in [2.05, 4.69) is 27.7 Å². The van der Waals surface area contributed by atoms with Crippen LogP contribution in [-0.4, -0.2) is 24.8 Å². The third-order valence-electron chi connectivity index (χ3n) is 6.07. The van der Waals surface area contributed by atoms with Gasteiger partial charge in [-0.15, -0.1) is 0 Å². The smallest absolute Gasteiger partial charge is 0.337 e. The molecule has 1 saturated carbocycles. The Kier molecular flexibility index (Phi) is 3.97. The first-order valence-electron chi connectivity index (χ1n) is 7.58. The van der Waals surface area contributed by atoms with Gasteiger partial charge < -0.3 is 9.47 Å². The molecular formula is C16H28O3. The first kappa shape index (κ1) is 14.8. The fourth-order valence-electron chi connectivity index (χ4n) is 4.13. The fourth-order valence-corrected chi connectivity index (χ4v) is 4.13. The van der Waals surface area contributed by atoms with E-state index in [1.165, 1.54) is 7.11 Å². The number of rotatable bonds is 1. The second kappa shape index (κ2) is 5.08. The van der Waals surface area contributed by atoms with Crippen molar-refractivity contribution in [3.63, 3.8) is 0 Å². The summed E-state index contributed by atoms with van der Waals surface area (Å²) in [4.78, 5) is 11.9. The minimum absolute atomic E-state index is 0.194. The quantitative estimate of drug-likeness (QED) is 0.685. The molecule has 1 aliphatic carbocycles. The number of fused-ring (bicyclic) bond motifs is 1. The van der Waals surface area contributed by atoms with Crippen LogP contribution in [0, 0.1) is 29.6 Å². The van der Waals surface area contributed by atoms with E-state index in [4.69, 9.17) is 9.47 Å². The van der Waals surface area contributed by atoms with E-state index in [0.717, 1.165) is 18.8 Å². The standard InChI is InChI=1S/C16H28O3/c1-9-10(2)12(4)14-13(11(9)3)7-8-16(5,19-14)15(17)18-6/h9-14H,7-8H2,1-6H3/t9?,10?,11?,12?,13?,14?,16-/m0/s1. The summed E-state index contributed by atoms with van der Waals surface area (Å²) in [6, 6.07) is 0. The van der Waals surface area contributed by atoms with Gasteiger partial charge in [-0.3, -0.25) is 0 Å². The Morgan fingerprint density at radius 2 is 1.68 bits per heavy atom. The summed E-state index contributed by atoms with van der Waals surface area (Å²) in [7, 11) is 1.45. The molecule has 3 nitrogen and oxygen atoms in total. The number of carbonyl (C=O) groups excluding carboxylic acids is 1. The van der Waals surface area contributed by atoms with Crippen molar-refractivity contribution < 1.29 is 14.3 Å². The Bertz CT molecular complexity index is 354. The molecule has 1 aliphatic heterocycles. The second-order valence-corrected chi connectivity index (χ2v) is 6.94. The van der Waals surface area contributed by atoms with Crippen LogP contribution in [0.15, 0.2) is 0 Å². The summed E-state index contributed by atoms with van der Waals surface area (Å²) in [5.74, 6) is 2.88. The lowest BCUT2D eigenvalue weighted by Crippen LogP contribution is -2.56. The first-order chi connectivity index (χ1) is 8.81. The van der Waals surface area contributed by atoms with Gasteiger partial charge in [0.05, 0.1) is 13.2 Å². The molecular weight excluding hydrogens is 240 g/mol. The number of esters is 1. The van der Waals surface area contributed by atoms with Gasteiger partial charge in [0.2, 0.25) is 0 Å². The van der Waals surface area contributed by atoms with Gasteiger partial charge in [-0.1, -0.05) is 27.7 Å². The minimum atomic E-state index is -0.746. The van der Waals surface area contributed by atoms with Crippen LogP contribution < -0.4 is 0 Å². The highest BCUT2D eigenvalue weighted by atomic mass is 16.6. The summed E-state index contributed by atoms with van der Waals surface area (Å²) in [5.41, 5.74) is -0.746. The van der Waals surface area contributed by atoms with E-state index in [-0.39, 0.29) is 12.1 Å². The normalized spacial score (nSPS) is 50.4. The van der Waals surface area contributed by atoms with E-state index in [1.807, 2.05) is 6.92 Å². The molecule has 7 atom stereocenters. The van der Waals surface area contributed by atoms with E-state index >= 15 is 0 Å². The van der Waals surface area contributed by atoms with Gasteiger partial charge in [0, 0.05) is 0 Å². The van der Waals surface area contributed by atoms with Gasteiger partial charge in [0.15, 0.2) is 5.60 Å². The lowest BCUT2D eigenvalue weighted by molar-refractivity contribution is -0.218. The molecule has 110 valence electrons. The molecule has 19 heavy (non-hydrogen) atoms. The highest BCUT2D eigenvalue weighted by Gasteiger charge is 2.52. The highest BCUT2D eigenvalue weighted by Crippen LogP contribution is 2.49. The molecule has 0 bridgehead atoms. The van der Waals surface area contributed by atoms with Crippen LogP contribution in [0.3, 0.4) is 0 Å². The van der Waals surface area contributed by atoms with Crippen molar-refractivity contribution in [1.82, 2.24) is 0 Å². The average Bonchev–Trinajstić information content (AvgIpc) is 2.41. The molecule has 2 fully saturated rings. The summed E-state index contributed by atoms with van der Waals surface area (Å²) in [5, 5.41) is 0. The Morgan fingerprint density at radius 3 is 2.26 bits per heavy atom. The predicted octanol–water partition coefficient (Wildman–Crippen LogP) is 3.27. The van der Waals surface area contributed by atoms with Crippen LogP contribution in [0.5, 0.6) is 0 Å². The molecule has 1 heterocycles. The fraction of sp³-hybridized carbons (Fsp3) is 0.938. The van der Waals surface area contributed by atoms with Crippen LogP contribution in [-0.2, 0) is 14.3 Å². The van der Waals surface area contributed by atoms with Crippen LogP contribution in [0.1, 0.15) is 47.5 Å². The molecule has 0 aromatic heterocycles. The maximum Gasteiger partial charge on any atom is 0.337 e. The number of methoxy groups -OCH3 is 1. The minimum Gasteiger partial charge on any atom is -0.467 e. The molecule has 2 aliphatic rings. The predicted molar refractivity (Wildman–Crippen MR) is 74.7 cm³/mol. The Balaban J connectivity index is 2.21. The van der Waals surface area contributed by atoms with E-state index in [9.17, 15) is 4.79 Å². The maximum atomic E-state index is 11.9. The van der Waals surface area contributed by atoms with Gasteiger partial charge in [0.25, 0.3) is 0 Å². The van der Waals surface area contributed by atoms with Crippen molar-refractivity contribution in [2.45, 2.75) is 59.2 Å². The van der Waals surface area contributed by atoms with Gasteiger partial charge in [-0.2, -0.15) is 0 Å². The zero-order chi connectivity index (χ0) is 14.4. The largest absolute Gasteiger partial charge is 0.467 e. The van der Waals surface area contributed by atoms with Crippen LogP contribution in [0.25, 0.3) is 0 Å². The van der Waals surface area contributed by atoms with Gasteiger partial charge in [-0.25, -0.2) is 4.79 Å². The van der Waals surface area contributed by atoms with Gasteiger partial charge in [0.1, 0.15) is 0 Å². The zero-order valence-electron chi connectivity index (χ0n) is 13.1. The Labute approximate surface area is 117 Å². The van der Waals surface area contributed by atoms with Gasteiger partial charge in [-0.05, 0) is 49.4 Å². The summed E-state index contributed by atoms with van der Waals surface area (Å²) >= 11 is 0. The molecule has 3 heteroatoms. The molecule has 0 spiro atoms. The lowest BCUT2D eigenvalue weighted by atomic mass is 9.60. The van der Waals surface area contributed by atoms with Crippen LogP contribution >= 0.6 is 0 Å². The molecule has 0 N–H and O–H groups in total. The van der Waals surface area contributed by atoms with E-state index in [1.54, 1.807) is 0 Å². The van der Waals surface area contributed by atoms with E-state index in [0.29, 0.717) is 23.7 Å². The number of hydrogen-bond acceptors (Lipinski definition) is 3.